The fourth-order valence-electron chi connectivity index (χ4n) is 2.46. The number of hydrogen-bond donors (Lipinski definition) is 0. The van der Waals surface area contributed by atoms with E-state index < -0.39 is 20.9 Å². The fourth-order valence-corrected chi connectivity index (χ4v) is 4.44. The van der Waals surface area contributed by atoms with Crippen molar-refractivity contribution in [3.05, 3.63) is 91.0 Å². The number of carbonyl (C=O) groups is 2. The topological polar surface area (TPSA) is 40.6 Å². The van der Waals surface area contributed by atoms with Gasteiger partial charge in [0.05, 0.1) is 0 Å². The summed E-state index contributed by atoms with van der Waals surface area (Å²) in [6, 6.07) is 28.2. The van der Waals surface area contributed by atoms with Gasteiger partial charge in [0, 0.05) is 0 Å². The molecule has 26 heavy (non-hydrogen) atoms. The van der Waals surface area contributed by atoms with E-state index in [9.17, 15) is 9.59 Å². The molecule has 0 aliphatic heterocycles. The number of amides is 2. The second kappa shape index (κ2) is 8.66. The first-order valence-corrected chi connectivity index (χ1v) is 10.4. The van der Waals surface area contributed by atoms with Gasteiger partial charge in [0.1, 0.15) is 0 Å². The summed E-state index contributed by atoms with van der Waals surface area (Å²) in [6.07, 6.45) is 0. The van der Waals surface area contributed by atoms with Gasteiger partial charge in [-0.2, -0.15) is 0 Å². The molecule has 0 bridgehead atoms. The van der Waals surface area contributed by atoms with Gasteiger partial charge in [0.25, 0.3) is 0 Å². The number of para-hydroxylation sites is 3. The van der Waals surface area contributed by atoms with Crippen molar-refractivity contribution in [2.45, 2.75) is 0 Å². The number of anilines is 3. The first-order valence-electron chi connectivity index (χ1n) is 8.11. The maximum atomic E-state index is 13.0. The van der Waals surface area contributed by atoms with Gasteiger partial charge >= 0.3 is 163 Å². The van der Waals surface area contributed by atoms with Crippen LogP contribution in [0, 0.1) is 0 Å². The second-order valence-electron chi connectivity index (χ2n) is 5.53. The molecule has 0 aromatic heterocycles. The first-order chi connectivity index (χ1) is 12.7. The van der Waals surface area contributed by atoms with E-state index in [1.807, 2.05) is 91.0 Å². The molecule has 5 heteroatoms. The van der Waals surface area contributed by atoms with E-state index in [0.29, 0.717) is 0 Å². The SMILES string of the molecule is CN(C(=O)[Te]C(=O)N(c1ccccc1)c1ccccc1)c1ccccc1. The third kappa shape index (κ3) is 4.32. The van der Waals surface area contributed by atoms with Crippen LogP contribution in [0.2, 0.25) is 0 Å². The van der Waals surface area contributed by atoms with Crippen LogP contribution in [0.1, 0.15) is 0 Å². The van der Waals surface area contributed by atoms with Crippen molar-refractivity contribution < 1.29 is 9.59 Å². The van der Waals surface area contributed by atoms with Crippen molar-refractivity contribution >= 4 is 45.9 Å². The van der Waals surface area contributed by atoms with Crippen LogP contribution in [0.4, 0.5) is 26.7 Å². The molecule has 3 rings (SSSR count). The van der Waals surface area contributed by atoms with E-state index >= 15 is 0 Å². The van der Waals surface area contributed by atoms with Crippen LogP contribution in [0.25, 0.3) is 0 Å². The van der Waals surface area contributed by atoms with Gasteiger partial charge in [-0.1, -0.05) is 0 Å². The Kier molecular flexibility index (Phi) is 6.06. The van der Waals surface area contributed by atoms with Crippen LogP contribution < -0.4 is 9.80 Å². The van der Waals surface area contributed by atoms with E-state index in [1.54, 1.807) is 16.8 Å². The first kappa shape index (κ1) is 18.2. The zero-order valence-corrected chi connectivity index (χ0v) is 16.6. The summed E-state index contributed by atoms with van der Waals surface area (Å²) in [5.74, 6) is 0. The molecule has 4 nitrogen and oxygen atoms in total. The third-order valence-corrected chi connectivity index (χ3v) is 6.10. The zero-order valence-electron chi connectivity index (χ0n) is 14.3. The molecule has 0 unspecified atom stereocenters. The van der Waals surface area contributed by atoms with E-state index in [0.717, 1.165) is 17.1 Å². The summed E-state index contributed by atoms with van der Waals surface area (Å²) in [7, 11) is 1.71. The fraction of sp³-hybridized carbons (Fsp3) is 0.0476. The summed E-state index contributed by atoms with van der Waals surface area (Å²) in [5.41, 5.74) is 2.33. The number of benzene rings is 3. The van der Waals surface area contributed by atoms with Crippen molar-refractivity contribution in [1.29, 1.82) is 0 Å². The maximum absolute atomic E-state index is 13.0. The third-order valence-electron chi connectivity index (χ3n) is 3.80. The Morgan fingerprint density at radius 3 is 1.42 bits per heavy atom. The number of carbonyl (C=O) groups excluding carboxylic acids is 2. The minimum atomic E-state index is -1.60. The Hall–Kier alpha value is -2.61. The molecule has 0 radical (unpaired) electrons. The van der Waals surface area contributed by atoms with E-state index in [-0.39, 0.29) is 7.91 Å². The van der Waals surface area contributed by atoms with E-state index in [2.05, 4.69) is 0 Å². The predicted molar refractivity (Wildman–Crippen MR) is 106 cm³/mol. The van der Waals surface area contributed by atoms with Crippen LogP contribution in [0.15, 0.2) is 91.0 Å². The molecular weight excluding hydrogens is 440 g/mol. The van der Waals surface area contributed by atoms with Crippen LogP contribution in [0.5, 0.6) is 0 Å². The Morgan fingerprint density at radius 1 is 0.615 bits per heavy atom. The Bertz CT molecular complexity index is 831. The summed E-state index contributed by atoms with van der Waals surface area (Å²) >= 11 is -1.60. The van der Waals surface area contributed by atoms with Gasteiger partial charge < -0.3 is 0 Å². The van der Waals surface area contributed by atoms with Crippen LogP contribution in [-0.4, -0.2) is 35.9 Å². The van der Waals surface area contributed by atoms with Gasteiger partial charge in [0.15, 0.2) is 0 Å². The molecule has 0 spiro atoms. The van der Waals surface area contributed by atoms with Crippen LogP contribution >= 0.6 is 0 Å². The standard InChI is InChI=1S/C21H18N2O2Te/c1-22(17-11-5-2-6-12-17)20(24)26-21(25)23(18-13-7-3-8-14-18)19-15-9-4-10-16-19/h2-16H,1H3. The van der Waals surface area contributed by atoms with Gasteiger partial charge in [-0.25, -0.2) is 0 Å². The molecule has 0 atom stereocenters. The number of nitrogens with zero attached hydrogens (tertiary/aromatic N) is 2. The molecule has 0 saturated heterocycles. The average Bonchev–Trinajstić information content (AvgIpc) is 2.70. The number of hydrogen-bond acceptors (Lipinski definition) is 2. The molecule has 0 N–H and O–H groups in total. The molecule has 3 aromatic carbocycles. The number of rotatable bonds is 5. The van der Waals surface area contributed by atoms with Gasteiger partial charge in [-0.05, 0) is 0 Å². The van der Waals surface area contributed by atoms with Crippen molar-refractivity contribution in [2.75, 3.05) is 16.8 Å². The summed E-state index contributed by atoms with van der Waals surface area (Å²) in [6.45, 7) is 0. The van der Waals surface area contributed by atoms with E-state index in [4.69, 9.17) is 0 Å². The average molecular weight is 458 g/mol. The van der Waals surface area contributed by atoms with E-state index in [1.165, 1.54) is 0 Å². The Morgan fingerprint density at radius 2 is 1.00 bits per heavy atom. The van der Waals surface area contributed by atoms with Crippen molar-refractivity contribution in [1.82, 2.24) is 0 Å². The van der Waals surface area contributed by atoms with Gasteiger partial charge in [-0.3, -0.25) is 0 Å². The molecule has 0 aliphatic carbocycles. The Balaban J connectivity index is 1.83. The van der Waals surface area contributed by atoms with Crippen molar-refractivity contribution in [2.24, 2.45) is 0 Å². The molecule has 0 saturated carbocycles. The monoisotopic (exact) mass is 460 g/mol. The molecule has 0 aliphatic rings. The van der Waals surface area contributed by atoms with Crippen molar-refractivity contribution in [3.8, 4) is 0 Å². The molecule has 2 amide bonds. The normalized spacial score (nSPS) is 10.2. The summed E-state index contributed by atoms with van der Waals surface area (Å²) in [4.78, 5) is 28.9. The molecule has 0 fully saturated rings. The zero-order chi connectivity index (χ0) is 18.4. The molecular formula is C21H18N2O2Te. The van der Waals surface area contributed by atoms with Crippen molar-refractivity contribution in [3.63, 3.8) is 0 Å². The van der Waals surface area contributed by atoms with Gasteiger partial charge in [0.2, 0.25) is 0 Å². The summed E-state index contributed by atoms with van der Waals surface area (Å²) < 4.78 is -0.260. The molecule has 130 valence electrons. The predicted octanol–water partition coefficient (Wildman–Crippen LogP) is 4.91. The van der Waals surface area contributed by atoms with Crippen LogP contribution in [-0.2, 0) is 0 Å². The molecule has 3 aromatic rings. The quantitative estimate of drug-likeness (QED) is 0.511. The summed E-state index contributed by atoms with van der Waals surface area (Å²) in [5, 5.41) is 0. The Labute approximate surface area is 163 Å². The van der Waals surface area contributed by atoms with Gasteiger partial charge in [-0.15, -0.1) is 0 Å². The van der Waals surface area contributed by atoms with Crippen LogP contribution in [0.3, 0.4) is 0 Å². The minimum absolute atomic E-state index is 0.122. The second-order valence-corrected chi connectivity index (χ2v) is 8.11. The molecule has 0 heterocycles.